The van der Waals surface area contributed by atoms with Crippen LogP contribution >= 0.6 is 0 Å². The lowest BCUT2D eigenvalue weighted by Crippen LogP contribution is -2.10. The first kappa shape index (κ1) is 23.3. The Hall–Kier alpha value is -4.84. The van der Waals surface area contributed by atoms with Crippen LogP contribution in [0.4, 0.5) is 0 Å². The van der Waals surface area contributed by atoms with Crippen molar-refractivity contribution in [3.63, 3.8) is 0 Å². The minimum Gasteiger partial charge on any atom is -0.422 e. The molecule has 6 heteroatoms. The Morgan fingerprint density at radius 3 is 1.34 bits per heavy atom. The first-order valence-corrected chi connectivity index (χ1v) is 10.8. The van der Waals surface area contributed by atoms with Crippen LogP contribution in [-0.2, 0) is 6.42 Å². The van der Waals surface area contributed by atoms with Crippen LogP contribution in [-0.4, -0.2) is 24.5 Å². The minimum absolute atomic E-state index is 0.161. The van der Waals surface area contributed by atoms with E-state index in [1.165, 1.54) is 0 Å². The van der Waals surface area contributed by atoms with E-state index in [2.05, 4.69) is 0 Å². The monoisotopic (exact) mass is 464 g/mol. The van der Waals surface area contributed by atoms with Gasteiger partial charge in [-0.3, -0.25) is 9.59 Å². The van der Waals surface area contributed by atoms with Crippen molar-refractivity contribution >= 4 is 24.5 Å². The summed E-state index contributed by atoms with van der Waals surface area (Å²) in [5.41, 5.74) is 2.77. The number of esters is 2. The Balaban J connectivity index is 1.49. The third-order valence-corrected chi connectivity index (χ3v) is 5.23. The van der Waals surface area contributed by atoms with E-state index in [1.54, 1.807) is 97.1 Å². The molecule has 0 fully saturated rings. The molecule has 4 aromatic carbocycles. The molecular weight excluding hydrogens is 444 g/mol. The quantitative estimate of drug-likeness (QED) is 0.199. The standard InChI is InChI=1S/C29H20O6/c30-18-24-16-20(11-13-26(24)34-28(32)22-7-3-1-4-8-22)15-21-12-14-27(25(17-21)19-31)35-29(33)23-9-5-2-6-10-23/h1-14,16-19H,15H2. The van der Waals surface area contributed by atoms with Gasteiger partial charge in [0.2, 0.25) is 0 Å². The third-order valence-electron chi connectivity index (χ3n) is 5.23. The van der Waals surface area contributed by atoms with Crippen LogP contribution < -0.4 is 9.47 Å². The van der Waals surface area contributed by atoms with Gasteiger partial charge < -0.3 is 9.47 Å². The van der Waals surface area contributed by atoms with Crippen molar-refractivity contribution in [2.45, 2.75) is 6.42 Å². The maximum atomic E-state index is 12.3. The molecule has 0 radical (unpaired) electrons. The number of carbonyl (C=O) groups is 4. The average molecular weight is 464 g/mol. The van der Waals surface area contributed by atoms with Crippen LogP contribution in [0.1, 0.15) is 52.6 Å². The highest BCUT2D eigenvalue weighted by Crippen LogP contribution is 2.24. The predicted octanol–water partition coefficient (Wildman–Crippen LogP) is 5.34. The van der Waals surface area contributed by atoms with Gasteiger partial charge in [0, 0.05) is 0 Å². The van der Waals surface area contributed by atoms with E-state index in [9.17, 15) is 19.2 Å². The van der Waals surface area contributed by atoms with Crippen LogP contribution in [0.2, 0.25) is 0 Å². The average Bonchev–Trinajstić information content (AvgIpc) is 2.91. The fourth-order valence-corrected chi connectivity index (χ4v) is 3.49. The fourth-order valence-electron chi connectivity index (χ4n) is 3.49. The molecule has 172 valence electrons. The summed E-state index contributed by atoms with van der Waals surface area (Å²) in [6.45, 7) is 0. The number of carbonyl (C=O) groups excluding carboxylic acids is 4. The van der Waals surface area contributed by atoms with Gasteiger partial charge in [0.1, 0.15) is 11.5 Å². The van der Waals surface area contributed by atoms with Gasteiger partial charge in [-0.25, -0.2) is 9.59 Å². The van der Waals surface area contributed by atoms with Crippen LogP contribution in [0.25, 0.3) is 0 Å². The summed E-state index contributed by atoms with van der Waals surface area (Å²) >= 11 is 0. The molecule has 0 N–H and O–H groups in total. The molecular formula is C29H20O6. The lowest BCUT2D eigenvalue weighted by atomic mass is 10.0. The Kier molecular flexibility index (Phi) is 7.23. The van der Waals surface area contributed by atoms with Crippen LogP contribution in [0.5, 0.6) is 11.5 Å². The highest BCUT2D eigenvalue weighted by atomic mass is 16.5. The van der Waals surface area contributed by atoms with Gasteiger partial charge in [-0.1, -0.05) is 48.5 Å². The van der Waals surface area contributed by atoms with Crippen molar-refractivity contribution in [2.75, 3.05) is 0 Å². The summed E-state index contributed by atoms with van der Waals surface area (Å²) in [7, 11) is 0. The molecule has 0 saturated heterocycles. The molecule has 0 spiro atoms. The van der Waals surface area contributed by atoms with Gasteiger partial charge in [0.15, 0.2) is 12.6 Å². The van der Waals surface area contributed by atoms with E-state index in [0.29, 0.717) is 30.1 Å². The highest BCUT2D eigenvalue weighted by Gasteiger charge is 2.14. The summed E-state index contributed by atoms with van der Waals surface area (Å²) in [5.74, 6) is -0.792. The number of hydrogen-bond acceptors (Lipinski definition) is 6. The first-order valence-electron chi connectivity index (χ1n) is 10.8. The Morgan fingerprint density at radius 2 is 0.971 bits per heavy atom. The van der Waals surface area contributed by atoms with E-state index < -0.39 is 11.9 Å². The molecule has 0 atom stereocenters. The van der Waals surface area contributed by atoms with Crippen molar-refractivity contribution in [1.82, 2.24) is 0 Å². The van der Waals surface area contributed by atoms with Crippen molar-refractivity contribution in [3.05, 3.63) is 130 Å². The van der Waals surface area contributed by atoms with Crippen LogP contribution in [0.15, 0.2) is 97.1 Å². The van der Waals surface area contributed by atoms with Crippen LogP contribution in [0.3, 0.4) is 0 Å². The topological polar surface area (TPSA) is 86.7 Å². The second kappa shape index (κ2) is 10.9. The molecule has 0 saturated carbocycles. The Morgan fingerprint density at radius 1 is 0.571 bits per heavy atom. The predicted molar refractivity (Wildman–Crippen MR) is 129 cm³/mol. The summed E-state index contributed by atoms with van der Waals surface area (Å²) in [5, 5.41) is 0. The lowest BCUT2D eigenvalue weighted by molar-refractivity contribution is 0.0723. The maximum Gasteiger partial charge on any atom is 0.343 e. The molecule has 0 amide bonds. The number of rotatable bonds is 8. The van der Waals surface area contributed by atoms with Gasteiger partial charge in [-0.2, -0.15) is 0 Å². The second-order valence-corrected chi connectivity index (χ2v) is 7.67. The summed E-state index contributed by atoms with van der Waals surface area (Å²) in [6, 6.07) is 26.9. The first-order chi connectivity index (χ1) is 17.1. The van der Waals surface area contributed by atoms with Crippen molar-refractivity contribution < 1.29 is 28.7 Å². The molecule has 0 aliphatic carbocycles. The van der Waals surface area contributed by atoms with E-state index in [4.69, 9.17) is 9.47 Å². The van der Waals surface area contributed by atoms with Gasteiger partial charge in [-0.15, -0.1) is 0 Å². The van der Waals surface area contributed by atoms with E-state index in [0.717, 1.165) is 11.1 Å². The molecule has 35 heavy (non-hydrogen) atoms. The van der Waals surface area contributed by atoms with Gasteiger partial charge >= 0.3 is 11.9 Å². The fraction of sp³-hybridized carbons (Fsp3) is 0.0345. The maximum absolute atomic E-state index is 12.3. The Labute approximate surface area is 201 Å². The van der Waals surface area contributed by atoms with E-state index in [1.807, 2.05) is 0 Å². The van der Waals surface area contributed by atoms with Crippen molar-refractivity contribution in [3.8, 4) is 11.5 Å². The molecule has 0 aliphatic rings. The normalized spacial score (nSPS) is 10.3. The SMILES string of the molecule is O=Cc1cc(Cc2ccc(OC(=O)c3ccccc3)c(C=O)c2)ccc1OC(=O)c1ccccc1. The minimum atomic E-state index is -0.558. The number of hydrogen-bond donors (Lipinski definition) is 0. The zero-order valence-electron chi connectivity index (χ0n) is 18.5. The summed E-state index contributed by atoms with van der Waals surface area (Å²) < 4.78 is 10.8. The molecule has 0 aliphatic heterocycles. The van der Waals surface area contributed by atoms with E-state index >= 15 is 0 Å². The zero-order valence-corrected chi connectivity index (χ0v) is 18.5. The summed E-state index contributed by atoms with van der Waals surface area (Å²) in [4.78, 5) is 47.9. The molecule has 4 rings (SSSR count). The third kappa shape index (κ3) is 5.75. The molecule has 0 unspecified atom stereocenters. The molecule has 4 aromatic rings. The molecule has 0 heterocycles. The zero-order chi connectivity index (χ0) is 24.6. The number of aldehydes is 2. The van der Waals surface area contributed by atoms with Crippen molar-refractivity contribution in [2.24, 2.45) is 0 Å². The van der Waals surface area contributed by atoms with Gasteiger partial charge in [-0.05, 0) is 66.1 Å². The highest BCUT2D eigenvalue weighted by molar-refractivity contribution is 5.93. The summed E-state index contributed by atoms with van der Waals surface area (Å²) in [6.07, 6.45) is 1.65. The van der Waals surface area contributed by atoms with Gasteiger partial charge in [0.25, 0.3) is 0 Å². The van der Waals surface area contributed by atoms with E-state index in [-0.39, 0.29) is 22.6 Å². The van der Waals surface area contributed by atoms with Crippen molar-refractivity contribution in [1.29, 1.82) is 0 Å². The Bertz CT molecular complexity index is 1270. The molecule has 6 nitrogen and oxygen atoms in total. The lowest BCUT2D eigenvalue weighted by Gasteiger charge is -2.11. The number of benzene rings is 4. The molecule has 0 aromatic heterocycles. The smallest absolute Gasteiger partial charge is 0.343 e. The van der Waals surface area contributed by atoms with Crippen LogP contribution in [0, 0.1) is 0 Å². The van der Waals surface area contributed by atoms with Gasteiger partial charge in [0.05, 0.1) is 22.3 Å². The second-order valence-electron chi connectivity index (χ2n) is 7.67. The number of ether oxygens (including phenoxy) is 2. The molecule has 0 bridgehead atoms. The largest absolute Gasteiger partial charge is 0.422 e.